The minimum atomic E-state index is -1.07. The number of thiophene rings is 1. The molecule has 1 unspecified atom stereocenters. The van der Waals surface area contributed by atoms with Gasteiger partial charge in [-0.25, -0.2) is 4.79 Å². The standard InChI is InChI=1S/C17H14N2O3S/c18-16(19)14-9-11-8-12(6-7-13(11)23-14)22-15(17(20)21)10-4-2-1-3-5-10/h1-9,15H,(H3,18,19)(H,20,21). The van der Waals surface area contributed by atoms with Crippen LogP contribution in [0.1, 0.15) is 16.5 Å². The molecule has 0 fully saturated rings. The zero-order chi connectivity index (χ0) is 16.4. The molecular weight excluding hydrogens is 312 g/mol. The first kappa shape index (κ1) is 15.1. The lowest BCUT2D eigenvalue weighted by molar-refractivity contribution is -0.145. The van der Waals surface area contributed by atoms with Crippen LogP contribution in [-0.2, 0) is 4.79 Å². The molecule has 0 amide bonds. The van der Waals surface area contributed by atoms with Gasteiger partial charge < -0.3 is 15.6 Å². The number of carbonyl (C=O) groups is 1. The molecule has 1 atom stereocenters. The lowest BCUT2D eigenvalue weighted by Crippen LogP contribution is -2.18. The summed E-state index contributed by atoms with van der Waals surface area (Å²) in [5.74, 6) is -0.575. The van der Waals surface area contributed by atoms with E-state index in [4.69, 9.17) is 15.9 Å². The van der Waals surface area contributed by atoms with Crippen molar-refractivity contribution in [2.45, 2.75) is 6.10 Å². The zero-order valence-electron chi connectivity index (χ0n) is 12.0. The lowest BCUT2D eigenvalue weighted by atomic mass is 10.1. The van der Waals surface area contributed by atoms with E-state index in [0.29, 0.717) is 16.2 Å². The Morgan fingerprint density at radius 1 is 1.17 bits per heavy atom. The van der Waals surface area contributed by atoms with Crippen LogP contribution >= 0.6 is 11.3 Å². The van der Waals surface area contributed by atoms with E-state index >= 15 is 0 Å². The molecule has 0 spiro atoms. The van der Waals surface area contributed by atoms with Crippen LogP contribution in [0.2, 0.25) is 0 Å². The predicted octanol–water partition coefficient (Wildman–Crippen LogP) is 3.39. The van der Waals surface area contributed by atoms with Gasteiger partial charge in [0.15, 0.2) is 0 Å². The molecular formula is C17H14N2O3S. The number of hydrogen-bond donors (Lipinski definition) is 3. The van der Waals surface area contributed by atoms with Crippen LogP contribution in [0.15, 0.2) is 54.6 Å². The Bertz CT molecular complexity index is 874. The summed E-state index contributed by atoms with van der Waals surface area (Å²) in [6.07, 6.45) is -1.07. The molecule has 5 nitrogen and oxygen atoms in total. The van der Waals surface area contributed by atoms with E-state index in [-0.39, 0.29) is 5.84 Å². The number of hydrogen-bond acceptors (Lipinski definition) is 4. The Hall–Kier alpha value is -2.86. The molecule has 1 heterocycles. The number of aliphatic carboxylic acids is 1. The average Bonchev–Trinajstić information content (AvgIpc) is 2.96. The zero-order valence-corrected chi connectivity index (χ0v) is 12.8. The van der Waals surface area contributed by atoms with Crippen molar-refractivity contribution >= 4 is 33.2 Å². The third-order valence-corrected chi connectivity index (χ3v) is 4.48. The van der Waals surface area contributed by atoms with Gasteiger partial charge in [0, 0.05) is 10.3 Å². The number of nitrogens with two attached hydrogens (primary N) is 1. The van der Waals surface area contributed by atoms with Crippen LogP contribution in [0.3, 0.4) is 0 Å². The summed E-state index contributed by atoms with van der Waals surface area (Å²) in [4.78, 5) is 12.2. The highest BCUT2D eigenvalue weighted by atomic mass is 32.1. The molecule has 2 aromatic carbocycles. The lowest BCUT2D eigenvalue weighted by Gasteiger charge is -2.15. The van der Waals surface area contributed by atoms with Crippen molar-refractivity contribution in [1.29, 1.82) is 5.41 Å². The van der Waals surface area contributed by atoms with E-state index in [2.05, 4.69) is 0 Å². The van der Waals surface area contributed by atoms with Crippen molar-refractivity contribution in [3.63, 3.8) is 0 Å². The second kappa shape index (κ2) is 6.10. The minimum Gasteiger partial charge on any atom is -0.478 e. The minimum absolute atomic E-state index is 0.0152. The van der Waals surface area contributed by atoms with Crippen molar-refractivity contribution in [3.05, 3.63) is 65.0 Å². The van der Waals surface area contributed by atoms with Crippen molar-refractivity contribution < 1.29 is 14.6 Å². The molecule has 3 aromatic rings. The number of ether oxygens (including phenoxy) is 1. The maximum Gasteiger partial charge on any atom is 0.349 e. The summed E-state index contributed by atoms with van der Waals surface area (Å²) in [5, 5.41) is 17.8. The molecule has 0 saturated heterocycles. The summed E-state index contributed by atoms with van der Waals surface area (Å²) in [6, 6.07) is 15.9. The molecule has 0 aliphatic carbocycles. The van der Waals surface area contributed by atoms with Gasteiger partial charge in [-0.1, -0.05) is 30.3 Å². The van der Waals surface area contributed by atoms with E-state index in [1.54, 1.807) is 42.5 Å². The second-order valence-electron chi connectivity index (χ2n) is 4.97. The molecule has 0 bridgehead atoms. The molecule has 0 saturated carbocycles. The Morgan fingerprint density at radius 2 is 1.91 bits per heavy atom. The number of nitrogens with one attached hydrogen (secondary N) is 1. The number of fused-ring (bicyclic) bond motifs is 1. The first-order chi connectivity index (χ1) is 11.0. The quantitative estimate of drug-likeness (QED) is 0.494. The Labute approximate surface area is 136 Å². The van der Waals surface area contributed by atoms with Gasteiger partial charge >= 0.3 is 5.97 Å². The fourth-order valence-corrected chi connectivity index (χ4v) is 3.16. The molecule has 6 heteroatoms. The van der Waals surface area contributed by atoms with Crippen molar-refractivity contribution in [1.82, 2.24) is 0 Å². The Balaban J connectivity index is 1.92. The van der Waals surface area contributed by atoms with Gasteiger partial charge in [0.1, 0.15) is 11.6 Å². The number of carboxylic acid groups (broad SMARTS) is 1. The van der Waals surface area contributed by atoms with Gasteiger partial charge in [-0.05, 0) is 29.7 Å². The monoisotopic (exact) mass is 326 g/mol. The third kappa shape index (κ3) is 3.17. The van der Waals surface area contributed by atoms with Crippen LogP contribution in [0, 0.1) is 5.41 Å². The SMILES string of the molecule is N=C(N)c1cc2cc(OC(C(=O)O)c3ccccc3)ccc2s1. The van der Waals surface area contributed by atoms with E-state index in [0.717, 1.165) is 10.1 Å². The fourth-order valence-electron chi connectivity index (χ4n) is 2.25. The Kier molecular flexibility index (Phi) is 3.99. The highest BCUT2D eigenvalue weighted by Crippen LogP contribution is 2.31. The Morgan fingerprint density at radius 3 is 2.57 bits per heavy atom. The number of nitrogen functional groups attached to an aromatic ring is 1. The van der Waals surface area contributed by atoms with E-state index < -0.39 is 12.1 Å². The molecule has 116 valence electrons. The highest BCUT2D eigenvalue weighted by molar-refractivity contribution is 7.20. The third-order valence-electron chi connectivity index (χ3n) is 3.33. The average molecular weight is 326 g/mol. The summed E-state index contributed by atoms with van der Waals surface area (Å²) in [5.41, 5.74) is 6.08. The first-order valence-corrected chi connectivity index (χ1v) is 7.68. The van der Waals surface area contributed by atoms with Crippen molar-refractivity contribution in [3.8, 4) is 5.75 Å². The molecule has 0 aliphatic heterocycles. The largest absolute Gasteiger partial charge is 0.478 e. The number of rotatable bonds is 5. The summed E-state index contributed by atoms with van der Waals surface area (Å²) in [7, 11) is 0. The summed E-state index contributed by atoms with van der Waals surface area (Å²) in [6.45, 7) is 0. The first-order valence-electron chi connectivity index (χ1n) is 6.87. The van der Waals surface area contributed by atoms with Crippen LogP contribution in [0.5, 0.6) is 5.75 Å². The predicted molar refractivity (Wildman–Crippen MR) is 90.3 cm³/mol. The van der Waals surface area contributed by atoms with Gasteiger partial charge in [-0.2, -0.15) is 0 Å². The molecule has 4 N–H and O–H groups in total. The van der Waals surface area contributed by atoms with Gasteiger partial charge in [0.25, 0.3) is 0 Å². The summed E-state index contributed by atoms with van der Waals surface area (Å²) < 4.78 is 6.63. The van der Waals surface area contributed by atoms with Crippen molar-refractivity contribution in [2.24, 2.45) is 5.73 Å². The number of carboxylic acids is 1. The molecule has 23 heavy (non-hydrogen) atoms. The van der Waals surface area contributed by atoms with Crippen LogP contribution in [-0.4, -0.2) is 16.9 Å². The highest BCUT2D eigenvalue weighted by Gasteiger charge is 2.21. The van der Waals surface area contributed by atoms with Crippen molar-refractivity contribution in [2.75, 3.05) is 0 Å². The maximum absolute atomic E-state index is 11.5. The van der Waals surface area contributed by atoms with Gasteiger partial charge in [0.2, 0.25) is 6.10 Å². The van der Waals surface area contributed by atoms with Gasteiger partial charge in [0.05, 0.1) is 4.88 Å². The number of benzene rings is 2. The number of amidine groups is 1. The van der Waals surface area contributed by atoms with Crippen LogP contribution < -0.4 is 10.5 Å². The van der Waals surface area contributed by atoms with Gasteiger partial charge in [-0.15, -0.1) is 11.3 Å². The molecule has 0 aliphatic rings. The van der Waals surface area contributed by atoms with Gasteiger partial charge in [-0.3, -0.25) is 5.41 Å². The maximum atomic E-state index is 11.5. The molecule has 3 rings (SSSR count). The van der Waals surface area contributed by atoms with Crippen LogP contribution in [0.4, 0.5) is 0 Å². The van der Waals surface area contributed by atoms with E-state index in [1.165, 1.54) is 11.3 Å². The second-order valence-corrected chi connectivity index (χ2v) is 6.05. The van der Waals surface area contributed by atoms with Crippen LogP contribution in [0.25, 0.3) is 10.1 Å². The van der Waals surface area contributed by atoms with E-state index in [1.807, 2.05) is 12.1 Å². The van der Waals surface area contributed by atoms with E-state index in [9.17, 15) is 9.90 Å². The topological polar surface area (TPSA) is 96.4 Å². The smallest absolute Gasteiger partial charge is 0.349 e. The fraction of sp³-hybridized carbons (Fsp3) is 0.0588. The molecule has 0 radical (unpaired) electrons. The molecule has 1 aromatic heterocycles. The normalized spacial score (nSPS) is 12.0. The summed E-state index contributed by atoms with van der Waals surface area (Å²) >= 11 is 1.41.